The summed E-state index contributed by atoms with van der Waals surface area (Å²) in [6.07, 6.45) is 2.50. The fraction of sp³-hybridized carbons (Fsp3) is 0.414. The van der Waals surface area contributed by atoms with Crippen LogP contribution in [-0.2, 0) is 16.0 Å². The summed E-state index contributed by atoms with van der Waals surface area (Å²) in [5.41, 5.74) is 0.983. The normalized spacial score (nSPS) is 20.3. The molecule has 1 unspecified atom stereocenters. The van der Waals surface area contributed by atoms with E-state index in [2.05, 4.69) is 17.2 Å². The summed E-state index contributed by atoms with van der Waals surface area (Å²) in [7, 11) is 3.85. The summed E-state index contributed by atoms with van der Waals surface area (Å²) >= 11 is 0. The predicted molar refractivity (Wildman–Crippen MR) is 139 cm³/mol. The van der Waals surface area contributed by atoms with E-state index in [1.807, 2.05) is 79.7 Å². The molecular formula is C29H34N4O3. The smallest absolute Gasteiger partial charge is 0.325 e. The summed E-state index contributed by atoms with van der Waals surface area (Å²) in [6, 6.07) is 19.2. The minimum Gasteiger partial charge on any atom is -0.332 e. The number of nitrogens with zero attached hydrogens (tertiary/aromatic N) is 3. The topological polar surface area (TPSA) is 73.0 Å². The van der Waals surface area contributed by atoms with Crippen molar-refractivity contribution in [3.63, 3.8) is 0 Å². The van der Waals surface area contributed by atoms with Gasteiger partial charge in [0.2, 0.25) is 0 Å². The van der Waals surface area contributed by atoms with E-state index in [0.717, 1.165) is 11.1 Å². The first-order valence-corrected chi connectivity index (χ1v) is 12.6. The quantitative estimate of drug-likeness (QED) is 0.483. The molecule has 0 aromatic heterocycles. The molecule has 2 aliphatic heterocycles. The van der Waals surface area contributed by atoms with Gasteiger partial charge in [0.1, 0.15) is 5.54 Å². The number of carbonyl (C=O) groups excluding carboxylic acids is 3. The van der Waals surface area contributed by atoms with Gasteiger partial charge in [0, 0.05) is 37.7 Å². The summed E-state index contributed by atoms with van der Waals surface area (Å²) < 4.78 is 0. The lowest BCUT2D eigenvalue weighted by Gasteiger charge is -2.40. The number of amides is 4. The largest absolute Gasteiger partial charge is 0.332 e. The van der Waals surface area contributed by atoms with E-state index >= 15 is 0 Å². The Morgan fingerprint density at radius 1 is 1.03 bits per heavy atom. The van der Waals surface area contributed by atoms with E-state index in [1.165, 1.54) is 4.90 Å². The molecule has 2 saturated heterocycles. The molecule has 2 aromatic carbocycles. The maximum absolute atomic E-state index is 13.8. The number of hydrogen-bond acceptors (Lipinski definition) is 4. The molecule has 0 aliphatic carbocycles. The number of benzene rings is 2. The van der Waals surface area contributed by atoms with Crippen molar-refractivity contribution < 1.29 is 14.4 Å². The van der Waals surface area contributed by atoms with Crippen LogP contribution in [0.2, 0.25) is 0 Å². The third-order valence-corrected chi connectivity index (χ3v) is 7.19. The van der Waals surface area contributed by atoms with E-state index in [9.17, 15) is 14.4 Å². The third kappa shape index (κ3) is 5.77. The van der Waals surface area contributed by atoms with Crippen molar-refractivity contribution in [3.05, 3.63) is 71.8 Å². The minimum atomic E-state index is -0.954. The van der Waals surface area contributed by atoms with Crippen molar-refractivity contribution in [1.29, 1.82) is 0 Å². The minimum absolute atomic E-state index is 0.0480. The number of hydrogen-bond donors (Lipinski definition) is 1. The molecule has 188 valence electrons. The molecule has 7 heteroatoms. The Morgan fingerprint density at radius 3 is 2.31 bits per heavy atom. The standard InChI is InChI=1S/C29H34N4O3/c1-31(2)21-22-33-27(35)29(30-28(33)36,18-15-24-11-7-4-8-12-24)25-16-19-32(20-17-25)26(34)14-13-23-9-5-3-6-10-23/h3-12,25H,15-22H2,1-2H3,(H,30,36). The summed E-state index contributed by atoms with van der Waals surface area (Å²) in [5.74, 6) is 5.29. The second-order valence-electron chi connectivity index (χ2n) is 9.83. The highest BCUT2D eigenvalue weighted by Gasteiger charge is 2.55. The first-order chi connectivity index (χ1) is 17.4. The Bertz CT molecular complexity index is 1130. The third-order valence-electron chi connectivity index (χ3n) is 7.19. The molecule has 4 rings (SSSR count). The Hall–Kier alpha value is -3.63. The van der Waals surface area contributed by atoms with Gasteiger partial charge in [-0.3, -0.25) is 14.5 Å². The monoisotopic (exact) mass is 486 g/mol. The number of urea groups is 1. The molecule has 36 heavy (non-hydrogen) atoms. The second-order valence-corrected chi connectivity index (χ2v) is 9.83. The van der Waals surface area contributed by atoms with Crippen LogP contribution >= 0.6 is 0 Å². The zero-order chi connectivity index (χ0) is 25.5. The Kier molecular flexibility index (Phi) is 8.07. The van der Waals surface area contributed by atoms with Gasteiger partial charge in [-0.2, -0.15) is 0 Å². The highest BCUT2D eigenvalue weighted by atomic mass is 16.2. The van der Waals surface area contributed by atoms with Crippen LogP contribution in [0.3, 0.4) is 0 Å². The Balaban J connectivity index is 1.48. The average Bonchev–Trinajstić information content (AvgIpc) is 3.15. The van der Waals surface area contributed by atoms with Gasteiger partial charge in [0.15, 0.2) is 0 Å². The highest BCUT2D eigenvalue weighted by Crippen LogP contribution is 2.37. The maximum atomic E-state index is 13.8. The average molecular weight is 487 g/mol. The van der Waals surface area contributed by atoms with Crippen molar-refractivity contribution in [2.75, 3.05) is 40.3 Å². The van der Waals surface area contributed by atoms with Gasteiger partial charge < -0.3 is 15.1 Å². The zero-order valence-corrected chi connectivity index (χ0v) is 21.1. The number of aryl methyl sites for hydroxylation is 1. The molecule has 2 fully saturated rings. The first-order valence-electron chi connectivity index (χ1n) is 12.6. The number of likely N-dealkylation sites (N-methyl/N-ethyl adjacent to an activating group) is 1. The molecule has 1 atom stereocenters. The fourth-order valence-electron chi connectivity index (χ4n) is 5.09. The lowest BCUT2D eigenvalue weighted by Crippen LogP contribution is -2.57. The number of piperidine rings is 1. The molecule has 7 nitrogen and oxygen atoms in total. The van der Waals surface area contributed by atoms with Crippen LogP contribution in [0, 0.1) is 17.8 Å². The lowest BCUT2D eigenvalue weighted by molar-refractivity contribution is -0.135. The highest BCUT2D eigenvalue weighted by molar-refractivity contribution is 6.07. The predicted octanol–water partition coefficient (Wildman–Crippen LogP) is 2.76. The molecule has 2 aliphatic rings. The zero-order valence-electron chi connectivity index (χ0n) is 21.1. The number of nitrogens with one attached hydrogen (secondary N) is 1. The van der Waals surface area contributed by atoms with Crippen LogP contribution in [0.15, 0.2) is 60.7 Å². The van der Waals surface area contributed by atoms with Gasteiger partial charge >= 0.3 is 6.03 Å². The van der Waals surface area contributed by atoms with Crippen molar-refractivity contribution >= 4 is 17.8 Å². The van der Waals surface area contributed by atoms with Gasteiger partial charge in [-0.15, -0.1) is 0 Å². The fourth-order valence-corrected chi connectivity index (χ4v) is 5.09. The molecule has 2 heterocycles. The van der Waals surface area contributed by atoms with Gasteiger partial charge in [-0.05, 0) is 63.4 Å². The lowest BCUT2D eigenvalue weighted by atomic mass is 9.74. The SMILES string of the molecule is CN(C)CCN1C(=O)NC(CCc2ccccc2)(C2CCN(C(=O)C#Cc3ccccc3)CC2)C1=O. The number of imide groups is 1. The molecule has 0 saturated carbocycles. The maximum Gasteiger partial charge on any atom is 0.325 e. The number of likely N-dealkylation sites (tertiary alicyclic amines) is 1. The summed E-state index contributed by atoms with van der Waals surface area (Å²) in [4.78, 5) is 44.5. The number of rotatable bonds is 7. The molecule has 0 bridgehead atoms. The van der Waals surface area contributed by atoms with Crippen LogP contribution in [0.4, 0.5) is 4.79 Å². The number of carbonyl (C=O) groups is 3. The van der Waals surface area contributed by atoms with Gasteiger partial charge in [-0.25, -0.2) is 4.79 Å². The van der Waals surface area contributed by atoms with Crippen molar-refractivity contribution in [2.24, 2.45) is 5.92 Å². The first kappa shape index (κ1) is 25.5. The Morgan fingerprint density at radius 2 is 1.67 bits per heavy atom. The molecule has 0 radical (unpaired) electrons. The van der Waals surface area contributed by atoms with Crippen molar-refractivity contribution in [1.82, 2.24) is 20.0 Å². The van der Waals surface area contributed by atoms with Gasteiger partial charge in [0.05, 0.1) is 0 Å². The molecule has 2 aromatic rings. The van der Waals surface area contributed by atoms with E-state index in [1.54, 1.807) is 4.90 Å². The van der Waals surface area contributed by atoms with Crippen LogP contribution < -0.4 is 5.32 Å². The van der Waals surface area contributed by atoms with E-state index in [0.29, 0.717) is 51.9 Å². The van der Waals surface area contributed by atoms with Gasteiger partial charge in [0.25, 0.3) is 11.8 Å². The van der Waals surface area contributed by atoms with E-state index in [4.69, 9.17) is 0 Å². The van der Waals surface area contributed by atoms with Gasteiger partial charge in [-0.1, -0.05) is 54.5 Å². The summed E-state index contributed by atoms with van der Waals surface area (Å²) in [6.45, 7) is 2.00. The van der Waals surface area contributed by atoms with Crippen molar-refractivity contribution in [3.8, 4) is 11.8 Å². The van der Waals surface area contributed by atoms with Crippen LogP contribution in [0.5, 0.6) is 0 Å². The molecule has 0 spiro atoms. The molecule has 4 amide bonds. The molecular weight excluding hydrogens is 452 g/mol. The Labute approximate surface area is 213 Å². The van der Waals surface area contributed by atoms with Crippen LogP contribution in [0.25, 0.3) is 0 Å². The van der Waals surface area contributed by atoms with Crippen molar-refractivity contribution in [2.45, 2.75) is 31.2 Å². The summed E-state index contributed by atoms with van der Waals surface area (Å²) in [5, 5.41) is 3.11. The second kappa shape index (κ2) is 11.4. The van der Waals surface area contributed by atoms with E-state index in [-0.39, 0.29) is 23.8 Å². The van der Waals surface area contributed by atoms with Crippen LogP contribution in [0.1, 0.15) is 30.4 Å². The molecule has 1 N–H and O–H groups in total. The van der Waals surface area contributed by atoms with E-state index < -0.39 is 5.54 Å². The van der Waals surface area contributed by atoms with Crippen LogP contribution in [-0.4, -0.2) is 78.4 Å².